The Balaban J connectivity index is 1.06. The summed E-state index contributed by atoms with van der Waals surface area (Å²) >= 11 is 0. The maximum absolute atomic E-state index is 6.62. The molecule has 0 saturated carbocycles. The van der Waals surface area contributed by atoms with E-state index < -0.39 is 0 Å². The molecule has 1 N–H and O–H groups in total. The summed E-state index contributed by atoms with van der Waals surface area (Å²) < 4.78 is 6.62. The highest BCUT2D eigenvalue weighted by atomic mass is 16.5. The minimum atomic E-state index is -0.222. The van der Waals surface area contributed by atoms with Crippen molar-refractivity contribution >= 4 is 65.8 Å². The van der Waals surface area contributed by atoms with Gasteiger partial charge in [-0.3, -0.25) is 0 Å². The fourth-order valence-electron chi connectivity index (χ4n) is 7.54. The van der Waals surface area contributed by atoms with Crippen molar-refractivity contribution in [3.05, 3.63) is 188 Å². The first kappa shape index (κ1) is 28.4. The molecule has 0 fully saturated rings. The molecule has 9 aromatic carbocycles. The summed E-state index contributed by atoms with van der Waals surface area (Å²) in [6.07, 6.45) is -0.222. The SMILES string of the molecule is c1ccc(C2Nc3c(c4ccc(-c5ccc(N(c6ccc7ccccc7c6)c6ccc7ccccc7c6)cc5)cc4c4ccccc34)O2)cc1. The number of hydrogen-bond donors (Lipinski definition) is 1. The first-order valence-corrected chi connectivity index (χ1v) is 17.1. The minimum Gasteiger partial charge on any atom is -0.464 e. The van der Waals surface area contributed by atoms with Gasteiger partial charge in [-0.2, -0.15) is 0 Å². The Bertz CT molecular complexity index is 2640. The molecule has 1 unspecified atom stereocenters. The Hall–Kier alpha value is -6.58. The predicted molar refractivity (Wildman–Crippen MR) is 210 cm³/mol. The molecular weight excluding hydrogens is 609 g/mol. The lowest BCUT2D eigenvalue weighted by Crippen LogP contribution is -2.09. The molecule has 50 heavy (non-hydrogen) atoms. The molecule has 236 valence electrons. The van der Waals surface area contributed by atoms with Crippen LogP contribution in [0.15, 0.2) is 182 Å². The van der Waals surface area contributed by atoms with Gasteiger partial charge in [0.1, 0.15) is 0 Å². The molecule has 0 aromatic heterocycles. The molecule has 0 aliphatic carbocycles. The molecule has 0 radical (unpaired) electrons. The summed E-state index contributed by atoms with van der Waals surface area (Å²) in [7, 11) is 0. The van der Waals surface area contributed by atoms with Gasteiger partial charge in [0, 0.05) is 33.4 Å². The van der Waals surface area contributed by atoms with Crippen molar-refractivity contribution in [2.24, 2.45) is 0 Å². The Kier molecular flexibility index (Phi) is 6.56. The Morgan fingerprint density at radius 2 is 0.960 bits per heavy atom. The normalized spacial score (nSPS) is 13.7. The summed E-state index contributed by atoms with van der Waals surface area (Å²) in [6.45, 7) is 0. The van der Waals surface area contributed by atoms with Crippen LogP contribution < -0.4 is 15.0 Å². The van der Waals surface area contributed by atoms with Crippen LogP contribution in [0, 0.1) is 0 Å². The van der Waals surface area contributed by atoms with E-state index in [0.717, 1.165) is 39.4 Å². The fraction of sp³-hybridized carbons (Fsp3) is 0.0213. The van der Waals surface area contributed by atoms with Gasteiger partial charge in [-0.1, -0.05) is 133 Å². The Morgan fingerprint density at radius 3 is 1.64 bits per heavy atom. The van der Waals surface area contributed by atoms with Crippen LogP contribution in [0.4, 0.5) is 22.7 Å². The number of nitrogens with zero attached hydrogens (tertiary/aromatic N) is 1. The second-order valence-corrected chi connectivity index (χ2v) is 13.0. The van der Waals surface area contributed by atoms with Gasteiger partial charge in [0.25, 0.3) is 0 Å². The summed E-state index contributed by atoms with van der Waals surface area (Å²) in [5, 5.41) is 13.3. The van der Waals surface area contributed by atoms with Crippen molar-refractivity contribution in [2.45, 2.75) is 6.23 Å². The molecule has 3 nitrogen and oxygen atoms in total. The third-order valence-electron chi connectivity index (χ3n) is 10.0. The van der Waals surface area contributed by atoms with Crippen LogP contribution in [-0.2, 0) is 0 Å². The average molecular weight is 641 g/mol. The van der Waals surface area contributed by atoms with E-state index in [4.69, 9.17) is 4.74 Å². The second-order valence-electron chi connectivity index (χ2n) is 13.0. The van der Waals surface area contributed by atoms with Crippen LogP contribution in [-0.4, -0.2) is 0 Å². The first-order valence-electron chi connectivity index (χ1n) is 17.1. The van der Waals surface area contributed by atoms with Crippen LogP contribution >= 0.6 is 0 Å². The minimum absolute atomic E-state index is 0.222. The summed E-state index contributed by atoms with van der Waals surface area (Å²) in [4.78, 5) is 2.35. The number of rotatable bonds is 5. The molecule has 0 saturated heterocycles. The van der Waals surface area contributed by atoms with Crippen LogP contribution in [0.5, 0.6) is 5.75 Å². The number of anilines is 4. The smallest absolute Gasteiger partial charge is 0.196 e. The predicted octanol–water partition coefficient (Wildman–Crippen LogP) is 12.9. The van der Waals surface area contributed by atoms with E-state index in [-0.39, 0.29) is 6.23 Å². The Labute approximate surface area is 290 Å². The van der Waals surface area contributed by atoms with Crippen molar-refractivity contribution in [3.63, 3.8) is 0 Å². The first-order chi connectivity index (χ1) is 24.8. The molecule has 9 aromatic rings. The van der Waals surface area contributed by atoms with E-state index in [1.54, 1.807) is 0 Å². The molecule has 0 amide bonds. The lowest BCUT2D eigenvalue weighted by molar-refractivity contribution is 0.262. The average Bonchev–Trinajstić information content (AvgIpc) is 3.65. The highest BCUT2D eigenvalue weighted by Crippen LogP contribution is 2.49. The fourth-order valence-corrected chi connectivity index (χ4v) is 7.54. The van der Waals surface area contributed by atoms with E-state index in [9.17, 15) is 0 Å². The van der Waals surface area contributed by atoms with Gasteiger partial charge in [0.2, 0.25) is 0 Å². The standard InChI is InChI=1S/C47H32N2O/c1-2-12-34(13-3-1)47-48-45-42-17-9-8-16-41(42)44-30-37(22-27-43(44)46(45)50-47)33-18-23-38(24-19-33)49(39-25-20-31-10-4-6-14-35(31)28-39)40-26-21-32-11-5-7-15-36(32)29-40/h1-30,47-48H. The molecule has 10 rings (SSSR count). The van der Waals surface area contributed by atoms with Crippen LogP contribution in [0.25, 0.3) is 54.2 Å². The summed E-state index contributed by atoms with van der Waals surface area (Å²) in [5.41, 5.74) is 7.86. The quantitative estimate of drug-likeness (QED) is 0.189. The van der Waals surface area contributed by atoms with E-state index in [0.29, 0.717) is 0 Å². The zero-order chi connectivity index (χ0) is 33.0. The van der Waals surface area contributed by atoms with Gasteiger partial charge >= 0.3 is 0 Å². The third kappa shape index (κ3) is 4.75. The highest BCUT2D eigenvalue weighted by Gasteiger charge is 2.28. The molecule has 3 heteroatoms. The summed E-state index contributed by atoms with van der Waals surface area (Å²) in [5.74, 6) is 0.913. The van der Waals surface area contributed by atoms with E-state index in [2.05, 4.69) is 186 Å². The molecule has 1 aliphatic heterocycles. The van der Waals surface area contributed by atoms with Crippen molar-refractivity contribution in [1.29, 1.82) is 0 Å². The topological polar surface area (TPSA) is 24.5 Å². The van der Waals surface area contributed by atoms with Gasteiger partial charge in [0.15, 0.2) is 12.0 Å². The molecule has 1 atom stereocenters. The summed E-state index contributed by atoms with van der Waals surface area (Å²) in [6, 6.07) is 65.2. The zero-order valence-electron chi connectivity index (χ0n) is 27.3. The number of nitrogens with one attached hydrogen (secondary N) is 1. The molecule has 0 spiro atoms. The number of hydrogen-bond acceptors (Lipinski definition) is 3. The zero-order valence-corrected chi connectivity index (χ0v) is 27.3. The van der Waals surface area contributed by atoms with E-state index in [1.807, 2.05) is 6.07 Å². The highest BCUT2D eigenvalue weighted by molar-refractivity contribution is 6.18. The monoisotopic (exact) mass is 640 g/mol. The van der Waals surface area contributed by atoms with Crippen molar-refractivity contribution in [3.8, 4) is 16.9 Å². The molecular formula is C47H32N2O. The van der Waals surface area contributed by atoms with Gasteiger partial charge in [-0.25, -0.2) is 0 Å². The molecule has 1 heterocycles. The third-order valence-corrected chi connectivity index (χ3v) is 10.0. The van der Waals surface area contributed by atoms with Crippen LogP contribution in [0.3, 0.4) is 0 Å². The van der Waals surface area contributed by atoms with Crippen molar-refractivity contribution in [2.75, 3.05) is 10.2 Å². The lowest BCUT2D eigenvalue weighted by Gasteiger charge is -2.26. The van der Waals surface area contributed by atoms with Crippen LogP contribution in [0.2, 0.25) is 0 Å². The lowest BCUT2D eigenvalue weighted by atomic mass is 9.95. The van der Waals surface area contributed by atoms with Crippen molar-refractivity contribution in [1.82, 2.24) is 0 Å². The van der Waals surface area contributed by atoms with E-state index in [1.165, 1.54) is 48.8 Å². The van der Waals surface area contributed by atoms with Gasteiger partial charge < -0.3 is 15.0 Å². The molecule has 1 aliphatic rings. The number of ether oxygens (including phenoxy) is 1. The van der Waals surface area contributed by atoms with Gasteiger partial charge in [0.05, 0.1) is 5.69 Å². The second kappa shape index (κ2) is 11.5. The number of fused-ring (bicyclic) bond motifs is 8. The van der Waals surface area contributed by atoms with E-state index >= 15 is 0 Å². The van der Waals surface area contributed by atoms with Gasteiger partial charge in [-0.05, 0) is 92.0 Å². The number of benzene rings is 9. The Morgan fingerprint density at radius 1 is 0.400 bits per heavy atom. The van der Waals surface area contributed by atoms with Crippen molar-refractivity contribution < 1.29 is 4.74 Å². The van der Waals surface area contributed by atoms with Crippen LogP contribution in [0.1, 0.15) is 11.8 Å². The maximum atomic E-state index is 6.62. The van der Waals surface area contributed by atoms with Gasteiger partial charge in [-0.15, -0.1) is 0 Å². The largest absolute Gasteiger partial charge is 0.464 e. The molecule has 0 bridgehead atoms. The maximum Gasteiger partial charge on any atom is 0.196 e.